The van der Waals surface area contributed by atoms with Gasteiger partial charge < -0.3 is 5.32 Å². The van der Waals surface area contributed by atoms with Gasteiger partial charge in [0.05, 0.1) is 11.7 Å². The van der Waals surface area contributed by atoms with Crippen molar-refractivity contribution >= 4 is 37.9 Å². The Morgan fingerprint density at radius 1 is 0.604 bits per heavy atom. The Morgan fingerprint density at radius 3 is 2.17 bits per heavy atom. The van der Waals surface area contributed by atoms with Gasteiger partial charge in [-0.15, -0.1) is 0 Å². The average molecular weight is 615 g/mol. The Balaban J connectivity index is 1.26. The van der Waals surface area contributed by atoms with Gasteiger partial charge in [0.15, 0.2) is 0 Å². The summed E-state index contributed by atoms with van der Waals surface area (Å²) in [6.07, 6.45) is 18.2. The molecular formula is C46H34N2. The molecule has 9 rings (SSSR count). The van der Waals surface area contributed by atoms with Crippen LogP contribution in [0.4, 0.5) is 0 Å². The van der Waals surface area contributed by atoms with Crippen LogP contribution in [0.2, 0.25) is 0 Å². The molecule has 6 aromatic carbocycles. The highest BCUT2D eigenvalue weighted by molar-refractivity contribution is 6.16. The highest BCUT2D eigenvalue weighted by Crippen LogP contribution is 2.46. The zero-order valence-electron chi connectivity index (χ0n) is 26.6. The van der Waals surface area contributed by atoms with Crippen LogP contribution in [0.15, 0.2) is 176 Å². The topological polar surface area (TPSA) is 24.9 Å². The minimum Gasteiger partial charge on any atom is -0.381 e. The van der Waals surface area contributed by atoms with E-state index in [1.165, 1.54) is 71.3 Å². The van der Waals surface area contributed by atoms with E-state index in [1.807, 2.05) is 24.5 Å². The molecule has 7 aromatic rings. The predicted octanol–water partition coefficient (Wildman–Crippen LogP) is 11.7. The molecule has 1 aliphatic carbocycles. The second-order valence-electron chi connectivity index (χ2n) is 12.7. The van der Waals surface area contributed by atoms with Gasteiger partial charge in [-0.2, -0.15) is 0 Å². The molecule has 0 fully saturated rings. The fourth-order valence-electron chi connectivity index (χ4n) is 7.64. The summed E-state index contributed by atoms with van der Waals surface area (Å²) in [7, 11) is 0. The zero-order valence-corrected chi connectivity index (χ0v) is 26.6. The molecule has 0 spiro atoms. The van der Waals surface area contributed by atoms with Crippen LogP contribution >= 0.6 is 0 Å². The van der Waals surface area contributed by atoms with E-state index >= 15 is 0 Å². The number of pyridine rings is 1. The molecule has 0 radical (unpaired) electrons. The molecule has 2 aliphatic rings. The molecule has 2 heteroatoms. The number of rotatable bonds is 5. The summed E-state index contributed by atoms with van der Waals surface area (Å²) in [5, 5.41) is 11.2. The molecule has 0 bridgehead atoms. The maximum absolute atomic E-state index is 4.61. The lowest BCUT2D eigenvalue weighted by Crippen LogP contribution is -2.14. The van der Waals surface area contributed by atoms with Crippen LogP contribution in [-0.2, 0) is 0 Å². The minimum absolute atomic E-state index is 0.181. The molecule has 2 nitrogen and oxygen atoms in total. The van der Waals surface area contributed by atoms with Gasteiger partial charge in [-0.05, 0) is 108 Å². The fraction of sp³-hybridized carbons (Fsp3) is 0.0652. The highest BCUT2D eigenvalue weighted by atomic mass is 14.9. The van der Waals surface area contributed by atoms with Crippen LogP contribution in [0.3, 0.4) is 0 Å². The second kappa shape index (κ2) is 12.0. The van der Waals surface area contributed by atoms with Crippen molar-refractivity contribution in [3.05, 3.63) is 193 Å². The van der Waals surface area contributed by atoms with E-state index < -0.39 is 0 Å². The van der Waals surface area contributed by atoms with Crippen molar-refractivity contribution in [1.82, 2.24) is 10.3 Å². The molecule has 0 amide bonds. The van der Waals surface area contributed by atoms with E-state index in [0.29, 0.717) is 0 Å². The van der Waals surface area contributed by atoms with Gasteiger partial charge in [0, 0.05) is 12.1 Å². The van der Waals surface area contributed by atoms with Crippen molar-refractivity contribution < 1.29 is 0 Å². The third-order valence-corrected chi connectivity index (χ3v) is 9.94. The molecule has 2 heterocycles. The number of dihydropyridines is 1. The smallest absolute Gasteiger partial charge is 0.0698 e. The first-order valence-corrected chi connectivity index (χ1v) is 16.8. The lowest BCUT2D eigenvalue weighted by Gasteiger charge is -2.24. The second-order valence-corrected chi connectivity index (χ2v) is 12.7. The minimum atomic E-state index is 0.181. The molecule has 0 saturated carbocycles. The first kappa shape index (κ1) is 28.3. The van der Waals surface area contributed by atoms with Crippen LogP contribution in [0.1, 0.15) is 35.2 Å². The first-order chi connectivity index (χ1) is 23.8. The summed E-state index contributed by atoms with van der Waals surface area (Å²) in [4.78, 5) is 4.61. The molecule has 1 aromatic heterocycles. The molecular weight excluding hydrogens is 581 g/mol. The lowest BCUT2D eigenvalue weighted by atomic mass is 9.80. The average Bonchev–Trinajstić information content (AvgIpc) is 3.17. The van der Waals surface area contributed by atoms with Crippen LogP contribution in [0.25, 0.3) is 60.1 Å². The molecule has 228 valence electrons. The zero-order chi connectivity index (χ0) is 31.9. The largest absolute Gasteiger partial charge is 0.381 e. The van der Waals surface area contributed by atoms with Gasteiger partial charge in [-0.1, -0.05) is 140 Å². The molecule has 2 unspecified atom stereocenters. The van der Waals surface area contributed by atoms with Crippen LogP contribution in [0, 0.1) is 0 Å². The molecule has 1 N–H and O–H groups in total. The van der Waals surface area contributed by atoms with Crippen molar-refractivity contribution in [1.29, 1.82) is 0 Å². The Hall–Kier alpha value is -5.99. The molecule has 48 heavy (non-hydrogen) atoms. The number of hydrogen-bond donors (Lipinski definition) is 1. The summed E-state index contributed by atoms with van der Waals surface area (Å²) >= 11 is 0. The van der Waals surface area contributed by atoms with E-state index in [0.717, 1.165) is 12.1 Å². The lowest BCUT2D eigenvalue weighted by molar-refractivity contribution is 0.747. The van der Waals surface area contributed by atoms with Gasteiger partial charge in [-0.3, -0.25) is 4.98 Å². The Kier molecular flexibility index (Phi) is 7.05. The van der Waals surface area contributed by atoms with Crippen LogP contribution < -0.4 is 5.32 Å². The third kappa shape index (κ3) is 4.94. The van der Waals surface area contributed by atoms with E-state index in [4.69, 9.17) is 0 Å². The fourth-order valence-corrected chi connectivity index (χ4v) is 7.64. The van der Waals surface area contributed by atoms with Crippen molar-refractivity contribution in [2.45, 2.75) is 18.4 Å². The van der Waals surface area contributed by atoms with Crippen molar-refractivity contribution in [3.8, 4) is 22.3 Å². The monoisotopic (exact) mass is 614 g/mol. The first-order valence-electron chi connectivity index (χ1n) is 16.8. The van der Waals surface area contributed by atoms with Gasteiger partial charge >= 0.3 is 0 Å². The number of hydrogen-bond acceptors (Lipinski definition) is 2. The van der Waals surface area contributed by atoms with E-state index in [2.05, 4.69) is 162 Å². The van der Waals surface area contributed by atoms with Crippen LogP contribution in [0.5, 0.6) is 0 Å². The Morgan fingerprint density at radius 2 is 1.38 bits per heavy atom. The number of fused-ring (bicyclic) bond motifs is 3. The van der Waals surface area contributed by atoms with Gasteiger partial charge in [-0.25, -0.2) is 0 Å². The summed E-state index contributed by atoms with van der Waals surface area (Å²) in [5.41, 5.74) is 9.87. The maximum atomic E-state index is 4.61. The van der Waals surface area contributed by atoms with E-state index in [1.54, 1.807) is 0 Å². The normalized spacial score (nSPS) is 17.1. The Labute approximate surface area is 281 Å². The third-order valence-electron chi connectivity index (χ3n) is 9.94. The highest BCUT2D eigenvalue weighted by Gasteiger charge is 2.22. The van der Waals surface area contributed by atoms with E-state index in [-0.39, 0.29) is 12.0 Å². The number of benzene rings is 6. The SMILES string of the molecule is C1=CNC(c2ccc(-c3c4ccccc4c(C4C=CC(c5ccccn5)=CC4)c4ccc(-c5cccc6ccccc56)cc34)cc2)C=C1. The maximum Gasteiger partial charge on any atom is 0.0698 e. The van der Waals surface area contributed by atoms with Crippen molar-refractivity contribution in [3.63, 3.8) is 0 Å². The Bertz CT molecular complexity index is 2440. The van der Waals surface area contributed by atoms with Gasteiger partial charge in [0.2, 0.25) is 0 Å². The summed E-state index contributed by atoms with van der Waals surface area (Å²) in [6, 6.07) is 46.9. The van der Waals surface area contributed by atoms with Crippen molar-refractivity contribution in [2.75, 3.05) is 0 Å². The molecule has 2 atom stereocenters. The summed E-state index contributed by atoms with van der Waals surface area (Å²) in [5.74, 6) is 0.252. The number of nitrogens with zero attached hydrogens (tertiary/aromatic N) is 1. The quantitative estimate of drug-likeness (QED) is 0.195. The van der Waals surface area contributed by atoms with Gasteiger partial charge in [0.25, 0.3) is 0 Å². The standard InChI is InChI=1S/C46H34N2/c1-2-12-37-31(10-1)11-9-15-38(37)36-26-27-41-42(30-36)46(35-24-20-33(21-25-35)44-17-6-8-29-48-44)40-14-4-3-13-39(40)45(41)34-22-18-32(19-23-34)43-16-5-7-28-47-43/h1-22,24-30,34,44,48H,23H2. The molecule has 0 saturated heterocycles. The summed E-state index contributed by atoms with van der Waals surface area (Å²) < 4.78 is 0. The number of aromatic nitrogens is 1. The number of nitrogens with one attached hydrogen (secondary N) is 1. The number of allylic oxidation sites excluding steroid dienone is 6. The van der Waals surface area contributed by atoms with Crippen LogP contribution in [-0.4, -0.2) is 4.98 Å². The molecule has 1 aliphatic heterocycles. The predicted molar refractivity (Wildman–Crippen MR) is 203 cm³/mol. The van der Waals surface area contributed by atoms with E-state index in [9.17, 15) is 0 Å². The van der Waals surface area contributed by atoms with Gasteiger partial charge in [0.1, 0.15) is 0 Å². The van der Waals surface area contributed by atoms with Crippen molar-refractivity contribution in [2.24, 2.45) is 0 Å². The summed E-state index contributed by atoms with van der Waals surface area (Å²) in [6.45, 7) is 0.